The second-order valence-corrected chi connectivity index (χ2v) is 11.5. The second-order valence-electron chi connectivity index (χ2n) is 11.5. The molecule has 0 radical (unpaired) electrons. The van der Waals surface area contributed by atoms with Gasteiger partial charge < -0.3 is 10.0 Å². The Morgan fingerprint density at radius 1 is 1.33 bits per heavy atom. The zero-order valence-corrected chi connectivity index (χ0v) is 20.2. The number of fused-ring (bicyclic) bond motifs is 7. The number of likely N-dealkylation sites (N-methyl/N-ethyl adjacent to an activating group) is 1. The van der Waals surface area contributed by atoms with Crippen molar-refractivity contribution in [2.75, 3.05) is 13.6 Å². The maximum atomic E-state index is 14.5. The minimum atomic E-state index is -0.907. The van der Waals surface area contributed by atoms with Crippen LogP contribution in [-0.4, -0.2) is 45.3 Å². The number of amides is 1. The molecule has 178 valence electrons. The number of benzene rings is 1. The number of hydrogen-bond acceptors (Lipinski definition) is 3. The standard InChI is InChI=1S/C27H36FN3O2/c1-26(2,33)15-31(4)23(32)11-10-20-21-14-29-30-25(21)27(3)13-12-17-16-6-5-7-22(28)18(16)8-9-19(17)24(20)27/h5-7,14,17,19-20,24,33H,8-13,15H2,1-4H3,(H,29,30)/t17?,19?,20-,24?,27+/m1/s1. The van der Waals surface area contributed by atoms with Crippen molar-refractivity contribution >= 4 is 5.91 Å². The third kappa shape index (κ3) is 3.71. The molecule has 5 rings (SSSR count). The van der Waals surface area contributed by atoms with Gasteiger partial charge in [0.25, 0.3) is 0 Å². The average Bonchev–Trinajstić information content (AvgIpc) is 3.32. The summed E-state index contributed by atoms with van der Waals surface area (Å²) in [5.41, 5.74) is 3.66. The lowest BCUT2D eigenvalue weighted by Crippen LogP contribution is -2.45. The summed E-state index contributed by atoms with van der Waals surface area (Å²) in [7, 11) is 1.77. The van der Waals surface area contributed by atoms with E-state index in [9.17, 15) is 14.3 Å². The number of carbonyl (C=O) groups is 1. The van der Waals surface area contributed by atoms with E-state index in [4.69, 9.17) is 5.10 Å². The van der Waals surface area contributed by atoms with Crippen molar-refractivity contribution in [2.24, 2.45) is 11.8 Å². The molecule has 0 spiro atoms. The summed E-state index contributed by atoms with van der Waals surface area (Å²) in [6, 6.07) is 5.59. The van der Waals surface area contributed by atoms with Gasteiger partial charge in [-0.15, -0.1) is 0 Å². The topological polar surface area (TPSA) is 69.2 Å². The number of aromatic amines is 1. The summed E-state index contributed by atoms with van der Waals surface area (Å²) in [6.45, 7) is 6.13. The summed E-state index contributed by atoms with van der Waals surface area (Å²) < 4.78 is 14.5. The van der Waals surface area contributed by atoms with E-state index >= 15 is 0 Å². The number of H-pyrrole nitrogens is 1. The third-order valence-electron chi connectivity index (χ3n) is 8.73. The van der Waals surface area contributed by atoms with Gasteiger partial charge in [-0.25, -0.2) is 4.39 Å². The Hall–Kier alpha value is -2.21. The van der Waals surface area contributed by atoms with Crippen molar-refractivity contribution in [1.29, 1.82) is 0 Å². The van der Waals surface area contributed by atoms with Crippen LogP contribution in [-0.2, 0) is 16.6 Å². The van der Waals surface area contributed by atoms with Crippen LogP contribution in [0.5, 0.6) is 0 Å². The zero-order chi connectivity index (χ0) is 23.5. The van der Waals surface area contributed by atoms with Gasteiger partial charge in [-0.05, 0) is 92.4 Å². The maximum Gasteiger partial charge on any atom is 0.222 e. The molecule has 1 saturated carbocycles. The van der Waals surface area contributed by atoms with E-state index in [1.807, 2.05) is 12.3 Å². The Balaban J connectivity index is 1.42. The molecular formula is C27H36FN3O2. The fourth-order valence-electron chi connectivity index (χ4n) is 7.55. The molecule has 1 aromatic heterocycles. The molecule has 3 unspecified atom stereocenters. The molecule has 1 heterocycles. The van der Waals surface area contributed by atoms with E-state index in [0.717, 1.165) is 37.7 Å². The first-order valence-electron chi connectivity index (χ1n) is 12.4. The monoisotopic (exact) mass is 453 g/mol. The molecule has 6 heteroatoms. The lowest BCUT2D eigenvalue weighted by atomic mass is 9.53. The van der Waals surface area contributed by atoms with Crippen LogP contribution in [0.3, 0.4) is 0 Å². The molecule has 3 aliphatic carbocycles. The highest BCUT2D eigenvalue weighted by molar-refractivity contribution is 5.76. The van der Waals surface area contributed by atoms with Crippen LogP contribution < -0.4 is 0 Å². The quantitative estimate of drug-likeness (QED) is 0.691. The Labute approximate surface area is 195 Å². The summed E-state index contributed by atoms with van der Waals surface area (Å²) in [5, 5.41) is 17.9. The van der Waals surface area contributed by atoms with Crippen LogP contribution in [0.15, 0.2) is 24.4 Å². The first-order chi connectivity index (χ1) is 15.6. The van der Waals surface area contributed by atoms with Crippen molar-refractivity contribution in [3.05, 3.63) is 52.6 Å². The molecule has 5 atom stereocenters. The van der Waals surface area contributed by atoms with Crippen LogP contribution >= 0.6 is 0 Å². The number of hydrogen-bond donors (Lipinski definition) is 2. The van der Waals surface area contributed by atoms with Gasteiger partial charge in [-0.1, -0.05) is 19.1 Å². The lowest BCUT2D eigenvalue weighted by Gasteiger charge is -2.50. The Morgan fingerprint density at radius 3 is 2.88 bits per heavy atom. The molecule has 5 nitrogen and oxygen atoms in total. The predicted octanol–water partition coefficient (Wildman–Crippen LogP) is 4.67. The first kappa shape index (κ1) is 22.6. The van der Waals surface area contributed by atoms with E-state index in [-0.39, 0.29) is 23.1 Å². The maximum absolute atomic E-state index is 14.5. The molecule has 1 amide bonds. The lowest BCUT2D eigenvalue weighted by molar-refractivity contribution is -0.132. The van der Waals surface area contributed by atoms with Crippen LogP contribution in [0, 0.1) is 17.7 Å². The highest BCUT2D eigenvalue weighted by atomic mass is 19.1. The van der Waals surface area contributed by atoms with Crippen LogP contribution in [0.2, 0.25) is 0 Å². The molecule has 1 aromatic carbocycles. The number of aliphatic hydroxyl groups is 1. The van der Waals surface area contributed by atoms with Gasteiger partial charge in [0.05, 0.1) is 11.3 Å². The number of nitrogens with zero attached hydrogens (tertiary/aromatic N) is 2. The molecule has 33 heavy (non-hydrogen) atoms. The largest absolute Gasteiger partial charge is 0.389 e. The number of aromatic nitrogens is 2. The predicted molar refractivity (Wildman–Crippen MR) is 126 cm³/mol. The van der Waals surface area contributed by atoms with Crippen molar-refractivity contribution in [3.63, 3.8) is 0 Å². The zero-order valence-electron chi connectivity index (χ0n) is 20.2. The fraction of sp³-hybridized carbons (Fsp3) is 0.630. The van der Waals surface area contributed by atoms with Gasteiger partial charge in [-0.3, -0.25) is 9.89 Å². The molecule has 3 aliphatic rings. The number of carbonyl (C=O) groups excluding carboxylic acids is 1. The van der Waals surface area contributed by atoms with Gasteiger partial charge in [-0.2, -0.15) is 5.10 Å². The second kappa shape index (κ2) is 7.93. The number of halogens is 1. The molecule has 1 fully saturated rings. The summed E-state index contributed by atoms with van der Waals surface area (Å²) in [4.78, 5) is 14.5. The molecule has 0 aliphatic heterocycles. The Kier molecular flexibility index (Phi) is 5.43. The van der Waals surface area contributed by atoms with E-state index in [2.05, 4.69) is 18.1 Å². The van der Waals surface area contributed by atoms with Gasteiger partial charge in [0.15, 0.2) is 0 Å². The van der Waals surface area contributed by atoms with Crippen LogP contribution in [0.25, 0.3) is 0 Å². The minimum absolute atomic E-state index is 0.00592. The highest BCUT2D eigenvalue weighted by Gasteiger charge is 2.58. The normalized spacial score (nSPS) is 30.2. The summed E-state index contributed by atoms with van der Waals surface area (Å²) in [5.74, 6) is 1.54. The van der Waals surface area contributed by atoms with E-state index in [1.165, 1.54) is 16.8 Å². The number of nitrogens with one attached hydrogen (secondary N) is 1. The summed E-state index contributed by atoms with van der Waals surface area (Å²) in [6.07, 6.45) is 7.16. The van der Waals surface area contributed by atoms with Crippen molar-refractivity contribution in [2.45, 2.75) is 82.1 Å². The van der Waals surface area contributed by atoms with E-state index in [0.29, 0.717) is 30.7 Å². The first-order valence-corrected chi connectivity index (χ1v) is 12.4. The van der Waals surface area contributed by atoms with E-state index in [1.54, 1.807) is 31.9 Å². The van der Waals surface area contributed by atoms with Gasteiger partial charge in [0.2, 0.25) is 5.91 Å². The van der Waals surface area contributed by atoms with Crippen molar-refractivity contribution in [3.8, 4) is 0 Å². The smallest absolute Gasteiger partial charge is 0.222 e. The van der Waals surface area contributed by atoms with Gasteiger partial charge in [0, 0.05) is 31.6 Å². The molecular weight excluding hydrogens is 417 g/mol. The SMILES string of the molecule is CN(CC(C)(C)O)C(=O)CC[C@@H]1c2c[nH]nc2[C@@]2(C)CCC3c4cccc(F)c4CCC3C12. The molecule has 0 saturated heterocycles. The van der Waals surface area contributed by atoms with E-state index < -0.39 is 5.60 Å². The van der Waals surface area contributed by atoms with Crippen LogP contribution in [0.1, 0.15) is 87.1 Å². The average molecular weight is 454 g/mol. The molecule has 2 N–H and O–H groups in total. The Morgan fingerprint density at radius 2 is 2.12 bits per heavy atom. The minimum Gasteiger partial charge on any atom is -0.389 e. The van der Waals surface area contributed by atoms with Crippen molar-refractivity contribution in [1.82, 2.24) is 15.1 Å². The summed E-state index contributed by atoms with van der Waals surface area (Å²) >= 11 is 0. The fourth-order valence-corrected chi connectivity index (χ4v) is 7.55. The molecule has 2 aromatic rings. The van der Waals surface area contributed by atoms with Crippen LogP contribution in [0.4, 0.5) is 4.39 Å². The third-order valence-corrected chi connectivity index (χ3v) is 8.73. The Bertz CT molecular complexity index is 1060. The number of rotatable bonds is 5. The molecule has 0 bridgehead atoms. The van der Waals surface area contributed by atoms with Crippen molar-refractivity contribution < 1.29 is 14.3 Å². The van der Waals surface area contributed by atoms with Gasteiger partial charge in [0.1, 0.15) is 5.82 Å². The van der Waals surface area contributed by atoms with Gasteiger partial charge >= 0.3 is 0 Å². The highest BCUT2D eigenvalue weighted by Crippen LogP contribution is 2.64.